The van der Waals surface area contributed by atoms with Crippen molar-refractivity contribution < 1.29 is 62.9 Å². The van der Waals surface area contributed by atoms with Crippen LogP contribution in [0.3, 0.4) is 0 Å². The van der Waals surface area contributed by atoms with Gasteiger partial charge in [0.05, 0.1) is 94.2 Å². The van der Waals surface area contributed by atoms with Gasteiger partial charge in [-0.15, -0.1) is 0 Å². The van der Waals surface area contributed by atoms with Gasteiger partial charge in [-0.25, -0.2) is 14.4 Å². The Bertz CT molecular complexity index is 1180. The van der Waals surface area contributed by atoms with E-state index in [4.69, 9.17) is 33.2 Å². The lowest BCUT2D eigenvalue weighted by atomic mass is 9.81. The quantitative estimate of drug-likeness (QED) is 0.0542. The fraction of sp³-hybridized carbons (Fsp3) is 0.486. The molecule has 1 rings (SSSR count). The molecule has 0 atom stereocenters. The molecule has 280 valence electrons. The minimum atomic E-state index is -1.46. The summed E-state index contributed by atoms with van der Waals surface area (Å²) in [5.74, 6) is -4.14. The highest BCUT2D eigenvalue weighted by Crippen LogP contribution is 2.33. The van der Waals surface area contributed by atoms with E-state index in [1.165, 1.54) is 31.3 Å². The molecule has 13 heteroatoms. The molecule has 0 amide bonds. The van der Waals surface area contributed by atoms with Crippen molar-refractivity contribution in [2.24, 2.45) is 0 Å². The number of benzene rings is 1. The summed E-state index contributed by atoms with van der Waals surface area (Å²) in [4.78, 5) is 37.2. The molecule has 3 N–H and O–H groups in total. The van der Waals surface area contributed by atoms with Crippen molar-refractivity contribution in [1.82, 2.24) is 0 Å². The molecule has 50 heavy (non-hydrogen) atoms. The van der Waals surface area contributed by atoms with E-state index in [2.05, 4.69) is 32.9 Å². The number of carbonyl (C=O) groups is 3. The summed E-state index contributed by atoms with van der Waals surface area (Å²) in [6.45, 7) is 21.6. The van der Waals surface area contributed by atoms with Crippen molar-refractivity contribution in [3.63, 3.8) is 0 Å². The maximum atomic E-state index is 12.5. The maximum absolute atomic E-state index is 12.5. The number of rotatable bonds is 32. The van der Waals surface area contributed by atoms with Crippen LogP contribution in [0.15, 0.2) is 64.2 Å². The molecular weight excluding hydrogens is 652 g/mol. The van der Waals surface area contributed by atoms with Crippen LogP contribution in [-0.2, 0) is 52.4 Å². The van der Waals surface area contributed by atoms with Gasteiger partial charge >= 0.3 is 17.9 Å². The summed E-state index contributed by atoms with van der Waals surface area (Å²) in [6.07, 6.45) is 10.4. The normalized spacial score (nSPS) is 10.1. The summed E-state index contributed by atoms with van der Waals surface area (Å²) in [7, 11) is 0. The number of carboxylic acid groups (broad SMARTS) is 3. The third-order valence-corrected chi connectivity index (χ3v) is 6.93. The van der Waals surface area contributed by atoms with Crippen LogP contribution in [0.2, 0.25) is 0 Å². The molecule has 0 spiro atoms. The molecule has 0 fully saturated rings. The molecule has 0 radical (unpaired) electrons. The number of unbranched alkanes of at least 4 members (excludes halogenated alkanes) is 3. The molecule has 0 saturated heterocycles. The minimum Gasteiger partial charge on any atom is -0.502 e. The smallest absolute Gasteiger partial charge is 0.336 e. The second-order valence-electron chi connectivity index (χ2n) is 10.3. The van der Waals surface area contributed by atoms with Crippen LogP contribution in [0.5, 0.6) is 0 Å². The highest BCUT2D eigenvalue weighted by Gasteiger charge is 2.32. The molecule has 0 aliphatic rings. The second-order valence-corrected chi connectivity index (χ2v) is 10.3. The van der Waals surface area contributed by atoms with Crippen molar-refractivity contribution in [2.75, 3.05) is 59.5 Å². The Hall–Kier alpha value is -4.75. The van der Waals surface area contributed by atoms with Gasteiger partial charge in [0.1, 0.15) is 13.2 Å². The molecule has 0 bridgehead atoms. The molecule has 0 aliphatic heterocycles. The fourth-order valence-corrected chi connectivity index (χ4v) is 4.86. The number of aromatic carboxylic acids is 3. The Morgan fingerprint density at radius 3 is 1.02 bits per heavy atom. The van der Waals surface area contributed by atoms with E-state index in [1.807, 2.05) is 0 Å². The molecule has 0 saturated carbocycles. The van der Waals surface area contributed by atoms with Gasteiger partial charge in [0.15, 0.2) is 0 Å². The third-order valence-electron chi connectivity index (χ3n) is 6.93. The van der Waals surface area contributed by atoms with Crippen LogP contribution < -0.4 is 0 Å². The van der Waals surface area contributed by atoms with Gasteiger partial charge in [0.25, 0.3) is 0 Å². The van der Waals surface area contributed by atoms with Gasteiger partial charge in [-0.2, -0.15) is 0 Å². The first-order valence-corrected chi connectivity index (χ1v) is 16.4. The average molecular weight is 707 g/mol. The number of carboxylic acids is 3. The zero-order valence-corrected chi connectivity index (χ0v) is 29.1. The first-order chi connectivity index (χ1) is 24.2. The molecule has 0 aliphatic carbocycles. The van der Waals surface area contributed by atoms with E-state index >= 15 is 0 Å². The monoisotopic (exact) mass is 706 g/mol. The first-order valence-electron chi connectivity index (χ1n) is 16.4. The topological polar surface area (TPSA) is 177 Å². The van der Waals surface area contributed by atoms with Gasteiger partial charge in [-0.1, -0.05) is 32.9 Å². The highest BCUT2D eigenvalue weighted by atomic mass is 16.6. The summed E-state index contributed by atoms with van der Waals surface area (Å²) in [5, 5.41) is 30.3. The predicted molar refractivity (Wildman–Crippen MR) is 189 cm³/mol. The Morgan fingerprint density at radius 2 is 0.680 bits per heavy atom. The van der Waals surface area contributed by atoms with Gasteiger partial charge < -0.3 is 48.5 Å². The Balaban J connectivity index is 0.00000144. The van der Waals surface area contributed by atoms with Crippen LogP contribution >= 0.6 is 0 Å². The number of ether oxygens (including phenoxy) is 7. The third kappa shape index (κ3) is 19.3. The Kier molecular flexibility index (Phi) is 27.4. The molecule has 0 aromatic heterocycles. The molecule has 0 heterocycles. The second kappa shape index (κ2) is 30.3. The number of hydrogen-bond acceptors (Lipinski definition) is 10. The fourth-order valence-electron chi connectivity index (χ4n) is 4.86. The van der Waals surface area contributed by atoms with Crippen molar-refractivity contribution in [2.45, 2.75) is 57.8 Å². The lowest BCUT2D eigenvalue weighted by molar-refractivity contribution is 0.0186. The average Bonchev–Trinajstić information content (AvgIpc) is 3.08. The SMILES string of the molecule is C=COCCCCc1c(CCCCOC=C)c(C(=O)O)c(C(=O)O)c(CCCCOC=C)c1C(=O)O.C=COCCOCCOCCOC=C. The summed E-state index contributed by atoms with van der Waals surface area (Å²) >= 11 is 0. The lowest BCUT2D eigenvalue weighted by Crippen LogP contribution is -2.22. The summed E-state index contributed by atoms with van der Waals surface area (Å²) in [5.41, 5.74) is -0.275. The van der Waals surface area contributed by atoms with Gasteiger partial charge in [-0.05, 0) is 74.5 Å². The maximum Gasteiger partial charge on any atom is 0.336 e. The van der Waals surface area contributed by atoms with E-state index < -0.39 is 23.5 Å². The van der Waals surface area contributed by atoms with Gasteiger partial charge in [-0.3, -0.25) is 0 Å². The van der Waals surface area contributed by atoms with E-state index in [9.17, 15) is 29.7 Å². The van der Waals surface area contributed by atoms with E-state index in [0.29, 0.717) is 104 Å². The predicted octanol–water partition coefficient (Wildman–Crippen LogP) is 6.57. The molecule has 1 aromatic carbocycles. The zero-order valence-electron chi connectivity index (χ0n) is 29.1. The van der Waals surface area contributed by atoms with Crippen molar-refractivity contribution in [3.05, 3.63) is 97.6 Å². The number of hydrogen-bond donors (Lipinski definition) is 3. The van der Waals surface area contributed by atoms with E-state index in [-0.39, 0.29) is 41.5 Å². The van der Waals surface area contributed by atoms with Crippen LogP contribution in [0.4, 0.5) is 0 Å². The molecular formula is C37H54O13. The van der Waals surface area contributed by atoms with Gasteiger partial charge in [0.2, 0.25) is 0 Å². The first kappa shape index (κ1) is 45.2. The molecule has 13 nitrogen and oxygen atoms in total. The highest BCUT2D eigenvalue weighted by molar-refractivity contribution is 6.07. The zero-order chi connectivity index (χ0) is 37.4. The van der Waals surface area contributed by atoms with Crippen LogP contribution in [0, 0.1) is 0 Å². The largest absolute Gasteiger partial charge is 0.502 e. The Morgan fingerprint density at radius 1 is 0.400 bits per heavy atom. The van der Waals surface area contributed by atoms with Crippen LogP contribution in [0.25, 0.3) is 0 Å². The standard InChI is InChI=1S/C27H36O9.C10H18O4/c1-4-34-16-10-7-13-19-20(14-8-11-17-35-5-2)23(26(30)31)24(27(32)33)21(22(19)25(28)29)15-9-12-18-36-6-3;1-3-11-5-7-13-9-10-14-8-6-12-4-2/h4-6H,1-3,7-18H2,(H,28,29)(H,30,31)(H,32,33);3-4H,1-2,5-10H2. The van der Waals surface area contributed by atoms with E-state index in [1.54, 1.807) is 0 Å². The molecule has 1 aromatic rings. The van der Waals surface area contributed by atoms with Crippen molar-refractivity contribution >= 4 is 17.9 Å². The summed E-state index contributed by atoms with van der Waals surface area (Å²) in [6, 6.07) is 0. The minimum absolute atomic E-state index is 0.0297. The van der Waals surface area contributed by atoms with Crippen molar-refractivity contribution in [1.29, 1.82) is 0 Å². The lowest BCUT2D eigenvalue weighted by Gasteiger charge is -2.22. The van der Waals surface area contributed by atoms with Crippen molar-refractivity contribution in [3.8, 4) is 0 Å². The molecule has 0 unspecified atom stereocenters. The summed E-state index contributed by atoms with van der Waals surface area (Å²) < 4.78 is 35.4. The van der Waals surface area contributed by atoms with Gasteiger partial charge in [0, 0.05) is 0 Å². The van der Waals surface area contributed by atoms with Crippen LogP contribution in [-0.4, -0.2) is 92.7 Å². The van der Waals surface area contributed by atoms with E-state index in [0.717, 1.165) is 0 Å². The Labute approximate surface area is 295 Å². The van der Waals surface area contributed by atoms with Crippen LogP contribution in [0.1, 0.15) is 86.3 Å².